The zero-order valence-electron chi connectivity index (χ0n) is 2.44. The van der Waals surface area contributed by atoms with Crippen molar-refractivity contribution in [1.29, 1.82) is 0 Å². The summed E-state index contributed by atoms with van der Waals surface area (Å²) < 4.78 is 0. The van der Waals surface area contributed by atoms with Gasteiger partial charge in [0.2, 0.25) is 0 Å². The summed E-state index contributed by atoms with van der Waals surface area (Å²) in [5.74, 6) is 0. The smallest absolute Gasteiger partial charge is 1.00 e. The molecule has 0 nitrogen and oxygen atoms in total. The summed E-state index contributed by atoms with van der Waals surface area (Å²) in [6, 6.07) is 0. The van der Waals surface area contributed by atoms with Gasteiger partial charge in [-0.15, -0.1) is 0 Å². The average Bonchev–Trinajstić information content (AvgIpc) is 0.918. The van der Waals surface area contributed by atoms with E-state index in [1.165, 1.54) is 0 Å². The van der Waals surface area contributed by atoms with Crippen molar-refractivity contribution >= 4 is 40.7 Å². The molecule has 5 heteroatoms. The molecule has 5 heavy (non-hydrogen) atoms. The zero-order chi connectivity index (χ0) is 2.71. The van der Waals surface area contributed by atoms with E-state index in [0.29, 0.717) is 0 Å². The maximum atomic E-state index is 2.18. The van der Waals surface area contributed by atoms with Crippen LogP contribution in [0.25, 0.3) is 0 Å². The Balaban J connectivity index is -0.0000000200. The van der Waals surface area contributed by atoms with Crippen LogP contribution in [0.3, 0.4) is 0 Å². The van der Waals surface area contributed by atoms with E-state index in [1.807, 2.05) is 0 Å². The monoisotopic (exact) mass is 419 g/mol. The second-order valence-corrected chi connectivity index (χ2v) is 7.99. The first-order valence-corrected chi connectivity index (χ1v) is 6.30. The molecule has 0 saturated heterocycles. The molecule has 0 saturated carbocycles. The van der Waals surface area contributed by atoms with Gasteiger partial charge in [0.15, 0.2) is 0 Å². The van der Waals surface area contributed by atoms with Crippen molar-refractivity contribution in [3.05, 3.63) is 0 Å². The van der Waals surface area contributed by atoms with Crippen LogP contribution < -0.4 is 46.5 Å². The van der Waals surface area contributed by atoms with Gasteiger partial charge in [0.1, 0.15) is 0 Å². The quantitative estimate of drug-likeness (QED) is 0.276. The van der Waals surface area contributed by atoms with Crippen LogP contribution in [-0.4, -0.2) is 0 Å². The third kappa shape index (κ3) is 18.6. The van der Waals surface area contributed by atoms with Crippen LogP contribution >= 0.6 is 40.7 Å². The molecule has 0 spiro atoms. The fraction of sp³-hybridized carbons (Fsp3) is 0. The first-order valence-electron chi connectivity index (χ1n) is 0.228. The van der Waals surface area contributed by atoms with E-state index in [4.69, 9.17) is 0 Å². The third-order valence-electron chi connectivity index (χ3n) is 0. The molecule has 0 aliphatic rings. The third-order valence-corrected chi connectivity index (χ3v) is 0. The molecule has 0 heterocycles. The molecule has 0 aromatic rings. The maximum Gasteiger partial charge on any atom is 1.00 e. The summed E-state index contributed by atoms with van der Waals surface area (Å²) in [6.07, 6.45) is 0. The molecular weight excluding hydrogens is 420 g/mol. The maximum absolute atomic E-state index is 2.18. The van der Waals surface area contributed by atoms with Gasteiger partial charge in [-0.1, -0.05) is 0 Å². The number of rotatable bonds is 0. The Morgan fingerprint density at radius 1 is 1.20 bits per heavy atom. The van der Waals surface area contributed by atoms with Gasteiger partial charge < -0.3 is 17.0 Å². The van der Waals surface area contributed by atoms with Crippen LogP contribution in [-0.2, 0) is 8.46 Å². The molecule has 33 valence electrons. The number of halogens is 3. The predicted molar refractivity (Wildman–Crippen MR) is 28.0 cm³/mol. The molecule has 0 radical (unpaired) electrons. The Bertz CT molecular complexity index is 9.61. The first kappa shape index (κ1) is 15.8. The van der Waals surface area contributed by atoms with Gasteiger partial charge in [-0.3, -0.25) is 0 Å². The summed E-state index contributed by atoms with van der Waals surface area (Å²) in [6.45, 7) is 0. The van der Waals surface area contributed by atoms with Gasteiger partial charge in [-0.2, -0.15) is 0 Å². The van der Waals surface area contributed by atoms with Gasteiger partial charge in [0.25, 0.3) is 0 Å². The summed E-state index contributed by atoms with van der Waals surface area (Å²) in [7, 11) is 1.75. The molecule has 0 N–H and O–H groups in total. The molecule has 0 fully saturated rings. The van der Waals surface area contributed by atoms with Crippen LogP contribution in [0.15, 0.2) is 0 Å². The van der Waals surface area contributed by atoms with Crippen LogP contribution in [0, 0.1) is 0 Å². The van der Waals surface area contributed by atoms with Crippen molar-refractivity contribution in [3.63, 3.8) is 0 Å². The van der Waals surface area contributed by atoms with Crippen LogP contribution in [0.1, 0.15) is 0 Å². The second-order valence-electron chi connectivity index (χ2n) is 0.0431. The summed E-state index contributed by atoms with van der Waals surface area (Å²) >= 11 is 4.36. The Hall–Kier alpha value is 3.46. The number of hydrogen-bond acceptors (Lipinski definition) is 0. The van der Waals surface area contributed by atoms with Gasteiger partial charge in [-0.05, 0) is 0 Å². The van der Waals surface area contributed by atoms with Crippen molar-refractivity contribution in [2.45, 2.75) is 0 Å². The van der Waals surface area contributed by atoms with Crippen LogP contribution in [0.2, 0.25) is 0 Å². The van der Waals surface area contributed by atoms with Crippen molar-refractivity contribution in [2.24, 2.45) is 0 Å². The summed E-state index contributed by atoms with van der Waals surface area (Å²) in [5.41, 5.74) is 0. The van der Waals surface area contributed by atoms with Gasteiger partial charge in [-0.25, -0.2) is 0 Å². The van der Waals surface area contributed by atoms with E-state index in [2.05, 4.69) is 40.7 Å². The molecular formula is BrCuI2Na. The molecule has 0 unspecified atom stereocenters. The molecule has 0 bridgehead atoms. The Morgan fingerprint density at radius 2 is 1.20 bits per heavy atom. The van der Waals surface area contributed by atoms with E-state index in [1.54, 1.807) is 8.46 Å². The largest absolute Gasteiger partial charge is 1.00 e. The Morgan fingerprint density at radius 3 is 1.20 bits per heavy atom. The first-order chi connectivity index (χ1) is 1.41. The average molecular weight is 420 g/mol. The minimum atomic E-state index is 0. The fourth-order valence-corrected chi connectivity index (χ4v) is 0. The van der Waals surface area contributed by atoms with Crippen molar-refractivity contribution in [3.8, 4) is 0 Å². The van der Waals surface area contributed by atoms with E-state index >= 15 is 0 Å². The molecule has 0 rings (SSSR count). The van der Waals surface area contributed by atoms with Crippen molar-refractivity contribution < 1.29 is 55.0 Å². The number of hydrogen-bond donors (Lipinski definition) is 0. The van der Waals surface area contributed by atoms with Crippen molar-refractivity contribution in [2.75, 3.05) is 0 Å². The standard InChI is InChI=1S/BrH.Cu.2HI.Na/h1H;;2*1H;/q;+2;;;+1/p-3. The topological polar surface area (TPSA) is 0 Å². The minimum absolute atomic E-state index is 0. The predicted octanol–water partition coefficient (Wildman–Crippen LogP) is -4.22. The summed E-state index contributed by atoms with van der Waals surface area (Å²) in [4.78, 5) is 0. The molecule has 0 amide bonds. The van der Waals surface area contributed by atoms with Crippen molar-refractivity contribution in [1.82, 2.24) is 0 Å². The molecule has 0 aliphatic carbocycles. The SMILES string of the molecule is [Br-].[I][Cu][I].[Na+]. The van der Waals surface area contributed by atoms with E-state index < -0.39 is 0 Å². The normalized spacial score (nSPS) is 4.40. The second kappa shape index (κ2) is 15.7. The Labute approximate surface area is 93.3 Å². The molecule has 0 aliphatic heterocycles. The van der Waals surface area contributed by atoms with E-state index in [-0.39, 0.29) is 46.5 Å². The van der Waals surface area contributed by atoms with Gasteiger partial charge in [0.05, 0.1) is 0 Å². The van der Waals surface area contributed by atoms with Gasteiger partial charge in [0, 0.05) is 0 Å². The zero-order valence-corrected chi connectivity index (χ0v) is 11.3. The Kier molecular flexibility index (Phi) is 49.4. The van der Waals surface area contributed by atoms with Crippen LogP contribution in [0.4, 0.5) is 0 Å². The van der Waals surface area contributed by atoms with Crippen LogP contribution in [0.5, 0.6) is 0 Å². The molecule has 0 aromatic carbocycles. The van der Waals surface area contributed by atoms with E-state index in [9.17, 15) is 0 Å². The van der Waals surface area contributed by atoms with Gasteiger partial charge >= 0.3 is 78.7 Å². The molecule has 0 aromatic heterocycles. The minimum Gasteiger partial charge on any atom is 1.00 e. The molecule has 0 atom stereocenters. The summed E-state index contributed by atoms with van der Waals surface area (Å²) in [5, 5.41) is 0. The van der Waals surface area contributed by atoms with E-state index in [0.717, 1.165) is 0 Å². The fourth-order valence-electron chi connectivity index (χ4n) is 0.